The molecule has 0 unspecified atom stereocenters. The van der Waals surface area contributed by atoms with E-state index >= 15 is 0 Å². The average molecular weight is 295 g/mol. The number of fused-ring (bicyclic) bond motifs is 1. The number of hydrogen-bond acceptors (Lipinski definition) is 4. The van der Waals surface area contributed by atoms with Gasteiger partial charge >= 0.3 is 0 Å². The van der Waals surface area contributed by atoms with Gasteiger partial charge in [-0.1, -0.05) is 11.6 Å². The van der Waals surface area contributed by atoms with Crippen LogP contribution in [0.3, 0.4) is 0 Å². The van der Waals surface area contributed by atoms with E-state index in [4.69, 9.17) is 21.1 Å². The molecule has 0 saturated carbocycles. The van der Waals surface area contributed by atoms with E-state index in [1.165, 1.54) is 0 Å². The van der Waals surface area contributed by atoms with E-state index in [9.17, 15) is 0 Å². The molecule has 1 aromatic carbocycles. The zero-order valence-corrected chi connectivity index (χ0v) is 12.1. The highest BCUT2D eigenvalue weighted by Crippen LogP contribution is 2.30. The number of benzene rings is 1. The fourth-order valence-corrected chi connectivity index (χ4v) is 2.96. The predicted molar refractivity (Wildman–Crippen MR) is 79.1 cm³/mol. The molecule has 5 heteroatoms. The second-order valence-electron chi connectivity index (χ2n) is 5.36. The number of rotatable bonds is 4. The number of likely N-dealkylation sites (tertiary alicyclic amines) is 1. The number of nitrogens with zero attached hydrogens (tertiary/aromatic N) is 2. The maximum atomic E-state index is 8.87. The summed E-state index contributed by atoms with van der Waals surface area (Å²) < 4.78 is 5.85. The van der Waals surface area contributed by atoms with E-state index in [0.717, 1.165) is 55.9 Å². The summed E-state index contributed by atoms with van der Waals surface area (Å²) in [7, 11) is 0. The standard InChI is InChI=1S/C15H19ClN2O2/c16-12-2-3-14-13(10-12)17-15(20-14)11-4-7-18(8-5-11)6-1-9-19/h2-3,10-11,19H,1,4-9H2. The van der Waals surface area contributed by atoms with Gasteiger partial charge in [0.1, 0.15) is 5.52 Å². The molecular weight excluding hydrogens is 276 g/mol. The molecule has 1 saturated heterocycles. The first-order valence-electron chi connectivity index (χ1n) is 7.15. The van der Waals surface area contributed by atoms with Crippen LogP contribution in [0.1, 0.15) is 31.1 Å². The monoisotopic (exact) mass is 294 g/mol. The summed E-state index contributed by atoms with van der Waals surface area (Å²) in [5.74, 6) is 1.23. The molecule has 0 aliphatic carbocycles. The largest absolute Gasteiger partial charge is 0.440 e. The van der Waals surface area contributed by atoms with Crippen LogP contribution >= 0.6 is 11.6 Å². The minimum absolute atomic E-state index is 0.270. The van der Waals surface area contributed by atoms with Crippen LogP contribution in [-0.2, 0) is 0 Å². The van der Waals surface area contributed by atoms with E-state index in [2.05, 4.69) is 9.88 Å². The lowest BCUT2D eigenvalue weighted by Crippen LogP contribution is -2.34. The van der Waals surface area contributed by atoms with E-state index in [1.807, 2.05) is 18.2 Å². The molecule has 108 valence electrons. The van der Waals surface area contributed by atoms with Crippen molar-refractivity contribution in [3.63, 3.8) is 0 Å². The van der Waals surface area contributed by atoms with Crippen molar-refractivity contribution < 1.29 is 9.52 Å². The van der Waals surface area contributed by atoms with Crippen molar-refractivity contribution in [1.29, 1.82) is 0 Å². The summed E-state index contributed by atoms with van der Waals surface area (Å²) in [6.07, 6.45) is 2.98. The van der Waals surface area contributed by atoms with Gasteiger partial charge in [0.05, 0.1) is 0 Å². The quantitative estimate of drug-likeness (QED) is 0.941. The Balaban J connectivity index is 1.67. The van der Waals surface area contributed by atoms with Gasteiger partial charge in [0.2, 0.25) is 0 Å². The zero-order valence-electron chi connectivity index (χ0n) is 11.4. The summed E-state index contributed by atoms with van der Waals surface area (Å²) >= 11 is 5.97. The second-order valence-corrected chi connectivity index (χ2v) is 5.79. The third-order valence-corrected chi connectivity index (χ3v) is 4.17. The van der Waals surface area contributed by atoms with Crippen LogP contribution in [-0.4, -0.2) is 41.2 Å². The molecule has 0 amide bonds. The summed E-state index contributed by atoms with van der Waals surface area (Å²) in [6, 6.07) is 5.56. The van der Waals surface area contributed by atoms with Crippen molar-refractivity contribution in [2.75, 3.05) is 26.2 Å². The van der Waals surface area contributed by atoms with Crippen molar-refractivity contribution in [3.8, 4) is 0 Å². The van der Waals surface area contributed by atoms with Crippen LogP contribution in [0.4, 0.5) is 0 Å². The lowest BCUT2D eigenvalue weighted by atomic mass is 9.97. The van der Waals surface area contributed by atoms with Crippen LogP contribution in [0.25, 0.3) is 11.1 Å². The average Bonchev–Trinajstić information content (AvgIpc) is 2.88. The Hall–Kier alpha value is -1.10. The second kappa shape index (κ2) is 6.12. The van der Waals surface area contributed by atoms with Crippen molar-refractivity contribution in [1.82, 2.24) is 9.88 Å². The molecular formula is C15H19ClN2O2. The highest BCUT2D eigenvalue weighted by molar-refractivity contribution is 6.31. The molecule has 1 N–H and O–H groups in total. The van der Waals surface area contributed by atoms with Crippen molar-refractivity contribution >= 4 is 22.7 Å². The number of aliphatic hydroxyl groups excluding tert-OH is 1. The first kappa shape index (κ1) is 13.9. The van der Waals surface area contributed by atoms with Gasteiger partial charge < -0.3 is 14.4 Å². The summed E-state index contributed by atoms with van der Waals surface area (Å²) in [6.45, 7) is 3.34. The third kappa shape index (κ3) is 2.97. The van der Waals surface area contributed by atoms with Crippen LogP contribution in [0, 0.1) is 0 Å². The Bertz CT molecular complexity index is 576. The highest BCUT2D eigenvalue weighted by Gasteiger charge is 2.24. The lowest BCUT2D eigenvalue weighted by Gasteiger charge is -2.30. The molecule has 0 bridgehead atoms. The van der Waals surface area contributed by atoms with Crippen LogP contribution in [0.5, 0.6) is 0 Å². The molecule has 1 aliphatic heterocycles. The van der Waals surface area contributed by atoms with Gasteiger partial charge in [-0.05, 0) is 50.6 Å². The number of piperidine rings is 1. The molecule has 3 rings (SSSR count). The van der Waals surface area contributed by atoms with Gasteiger partial charge in [0, 0.05) is 24.1 Å². The zero-order chi connectivity index (χ0) is 13.9. The first-order valence-corrected chi connectivity index (χ1v) is 7.53. The van der Waals surface area contributed by atoms with E-state index in [0.29, 0.717) is 10.9 Å². The molecule has 2 heterocycles. The van der Waals surface area contributed by atoms with E-state index in [1.54, 1.807) is 0 Å². The lowest BCUT2D eigenvalue weighted by molar-refractivity contribution is 0.180. The Morgan fingerprint density at radius 3 is 2.90 bits per heavy atom. The van der Waals surface area contributed by atoms with Crippen LogP contribution in [0.2, 0.25) is 5.02 Å². The highest BCUT2D eigenvalue weighted by atomic mass is 35.5. The molecule has 0 spiro atoms. The molecule has 1 aromatic heterocycles. The van der Waals surface area contributed by atoms with Gasteiger partial charge in [0.15, 0.2) is 11.5 Å². The Labute approximate surface area is 123 Å². The van der Waals surface area contributed by atoms with Gasteiger partial charge in [-0.15, -0.1) is 0 Å². The first-order chi connectivity index (χ1) is 9.76. The topological polar surface area (TPSA) is 49.5 Å². The fourth-order valence-electron chi connectivity index (χ4n) is 2.79. The normalized spacial score (nSPS) is 17.9. The predicted octanol–water partition coefficient (Wildman–Crippen LogP) is 3.04. The molecule has 4 nitrogen and oxygen atoms in total. The van der Waals surface area contributed by atoms with Gasteiger partial charge in [-0.25, -0.2) is 4.98 Å². The van der Waals surface area contributed by atoms with Crippen molar-refractivity contribution in [2.24, 2.45) is 0 Å². The molecule has 1 aliphatic rings. The van der Waals surface area contributed by atoms with Gasteiger partial charge in [-0.3, -0.25) is 0 Å². The summed E-state index contributed by atoms with van der Waals surface area (Å²) in [5, 5.41) is 9.56. The van der Waals surface area contributed by atoms with Gasteiger partial charge in [-0.2, -0.15) is 0 Å². The molecule has 0 atom stereocenters. The number of oxazole rings is 1. The number of halogens is 1. The smallest absolute Gasteiger partial charge is 0.198 e. The molecule has 0 radical (unpaired) electrons. The van der Waals surface area contributed by atoms with Crippen molar-refractivity contribution in [3.05, 3.63) is 29.1 Å². The summed E-state index contributed by atoms with van der Waals surface area (Å²) in [5.41, 5.74) is 1.65. The van der Waals surface area contributed by atoms with Crippen LogP contribution < -0.4 is 0 Å². The summed E-state index contributed by atoms with van der Waals surface area (Å²) in [4.78, 5) is 6.97. The fraction of sp³-hybridized carbons (Fsp3) is 0.533. The minimum Gasteiger partial charge on any atom is -0.440 e. The maximum Gasteiger partial charge on any atom is 0.198 e. The number of hydrogen-bond donors (Lipinski definition) is 1. The third-order valence-electron chi connectivity index (χ3n) is 3.94. The van der Waals surface area contributed by atoms with Crippen LogP contribution in [0.15, 0.2) is 22.6 Å². The van der Waals surface area contributed by atoms with E-state index in [-0.39, 0.29) is 6.61 Å². The number of aromatic nitrogens is 1. The molecule has 1 fully saturated rings. The van der Waals surface area contributed by atoms with Crippen molar-refractivity contribution in [2.45, 2.75) is 25.2 Å². The minimum atomic E-state index is 0.270. The number of aliphatic hydroxyl groups is 1. The molecule has 2 aromatic rings. The molecule has 20 heavy (non-hydrogen) atoms. The van der Waals surface area contributed by atoms with Gasteiger partial charge in [0.25, 0.3) is 0 Å². The van der Waals surface area contributed by atoms with E-state index < -0.39 is 0 Å². The maximum absolute atomic E-state index is 8.87. The Kier molecular flexibility index (Phi) is 4.24. The Morgan fingerprint density at radius 2 is 2.15 bits per heavy atom. The SMILES string of the molecule is OCCCN1CCC(c2nc3cc(Cl)ccc3o2)CC1. The Morgan fingerprint density at radius 1 is 1.35 bits per heavy atom.